The number of benzene rings is 1. The largest absolute Gasteiger partial charge is 0.459 e. The number of carbonyl (C=O) groups excluding carboxylic acids is 1. The van der Waals surface area contributed by atoms with E-state index in [9.17, 15) is 4.79 Å². The lowest BCUT2D eigenvalue weighted by Crippen LogP contribution is -2.48. The molecule has 1 aliphatic heterocycles. The van der Waals surface area contributed by atoms with Crippen LogP contribution in [-0.4, -0.2) is 58.6 Å². The van der Waals surface area contributed by atoms with Crippen molar-refractivity contribution < 1.29 is 13.6 Å². The van der Waals surface area contributed by atoms with Crippen molar-refractivity contribution in [1.82, 2.24) is 20.0 Å². The number of anilines is 1. The maximum absolute atomic E-state index is 12.5. The highest BCUT2D eigenvalue weighted by Crippen LogP contribution is 2.20. The number of rotatable bonds is 6. The van der Waals surface area contributed by atoms with Crippen LogP contribution < -0.4 is 5.32 Å². The second kappa shape index (κ2) is 8.59. The van der Waals surface area contributed by atoms with Crippen LogP contribution in [0.4, 0.5) is 5.69 Å². The Balaban J connectivity index is 1.25. The summed E-state index contributed by atoms with van der Waals surface area (Å²) in [5, 5.41) is 11.2. The van der Waals surface area contributed by atoms with Crippen LogP contribution in [0.5, 0.6) is 0 Å². The summed E-state index contributed by atoms with van der Waals surface area (Å²) in [4.78, 5) is 16.9. The van der Waals surface area contributed by atoms with Crippen molar-refractivity contribution in [2.24, 2.45) is 0 Å². The fourth-order valence-electron chi connectivity index (χ4n) is 3.51. The van der Waals surface area contributed by atoms with Crippen LogP contribution in [0.15, 0.2) is 45.4 Å². The molecule has 8 nitrogen and oxygen atoms in total. The molecular weight excluding hydrogens is 370 g/mol. The van der Waals surface area contributed by atoms with Gasteiger partial charge in [0.25, 0.3) is 5.89 Å². The third-order valence-electron chi connectivity index (χ3n) is 5.14. The Labute approximate surface area is 169 Å². The summed E-state index contributed by atoms with van der Waals surface area (Å²) >= 11 is 0. The van der Waals surface area contributed by atoms with E-state index in [0.29, 0.717) is 30.6 Å². The minimum absolute atomic E-state index is 0.0239. The summed E-state index contributed by atoms with van der Waals surface area (Å²) in [5.41, 5.74) is 3.08. The molecule has 0 aliphatic carbocycles. The van der Waals surface area contributed by atoms with Crippen LogP contribution in [0, 0.1) is 13.8 Å². The van der Waals surface area contributed by atoms with Gasteiger partial charge in [-0.3, -0.25) is 14.6 Å². The van der Waals surface area contributed by atoms with Crippen molar-refractivity contribution in [2.45, 2.75) is 20.4 Å². The van der Waals surface area contributed by atoms with Crippen molar-refractivity contribution in [3.63, 3.8) is 0 Å². The van der Waals surface area contributed by atoms with Crippen molar-refractivity contribution in [2.75, 3.05) is 38.0 Å². The van der Waals surface area contributed by atoms with E-state index in [1.54, 1.807) is 18.4 Å². The number of nitrogens with one attached hydrogen (secondary N) is 1. The zero-order chi connectivity index (χ0) is 20.2. The second-order valence-electron chi connectivity index (χ2n) is 7.35. The zero-order valence-electron chi connectivity index (χ0n) is 16.7. The Bertz CT molecular complexity index is 938. The average Bonchev–Trinajstić information content (AvgIpc) is 3.38. The Morgan fingerprint density at radius 1 is 1.03 bits per heavy atom. The lowest BCUT2D eigenvalue weighted by Gasteiger charge is -2.33. The lowest BCUT2D eigenvalue weighted by molar-refractivity contribution is -0.117. The van der Waals surface area contributed by atoms with E-state index >= 15 is 0 Å². The molecule has 4 rings (SSSR count). The molecule has 0 saturated carbocycles. The molecule has 0 radical (unpaired) electrons. The molecule has 0 atom stereocenters. The van der Waals surface area contributed by atoms with Gasteiger partial charge in [-0.1, -0.05) is 18.2 Å². The Morgan fingerprint density at radius 2 is 1.76 bits per heavy atom. The highest BCUT2D eigenvalue weighted by molar-refractivity contribution is 5.93. The fraction of sp³-hybridized carbons (Fsp3) is 0.381. The molecule has 152 valence electrons. The predicted octanol–water partition coefficient (Wildman–Crippen LogP) is 2.70. The number of hydrogen-bond donors (Lipinski definition) is 1. The van der Waals surface area contributed by atoms with E-state index < -0.39 is 0 Å². The summed E-state index contributed by atoms with van der Waals surface area (Å²) < 4.78 is 11.0. The normalized spacial score (nSPS) is 15.5. The first kappa shape index (κ1) is 19.4. The van der Waals surface area contributed by atoms with E-state index in [1.807, 2.05) is 32.0 Å². The molecule has 0 bridgehead atoms. The number of aromatic nitrogens is 2. The summed E-state index contributed by atoms with van der Waals surface area (Å²) in [5.74, 6) is 1.56. The fourth-order valence-corrected chi connectivity index (χ4v) is 3.51. The van der Waals surface area contributed by atoms with Gasteiger partial charge in [-0.25, -0.2) is 0 Å². The maximum Gasteiger partial charge on any atom is 0.283 e. The number of aryl methyl sites for hydroxylation is 2. The number of carbonyl (C=O) groups is 1. The van der Waals surface area contributed by atoms with Gasteiger partial charge in [0.2, 0.25) is 11.8 Å². The summed E-state index contributed by atoms with van der Waals surface area (Å²) in [6.07, 6.45) is 1.58. The van der Waals surface area contributed by atoms with Gasteiger partial charge in [-0.2, -0.15) is 0 Å². The van der Waals surface area contributed by atoms with Gasteiger partial charge in [-0.15, -0.1) is 10.2 Å². The minimum Gasteiger partial charge on any atom is -0.459 e. The molecule has 0 unspecified atom stereocenters. The molecule has 0 spiro atoms. The number of furan rings is 1. The van der Waals surface area contributed by atoms with E-state index in [-0.39, 0.29) is 5.91 Å². The van der Waals surface area contributed by atoms with Gasteiger partial charge in [0.1, 0.15) is 0 Å². The highest BCUT2D eigenvalue weighted by Gasteiger charge is 2.21. The maximum atomic E-state index is 12.5. The molecule has 1 aromatic carbocycles. The van der Waals surface area contributed by atoms with E-state index in [0.717, 1.165) is 43.0 Å². The first-order chi connectivity index (χ1) is 14.1. The highest BCUT2D eigenvalue weighted by atomic mass is 16.4. The first-order valence-electron chi connectivity index (χ1n) is 9.75. The SMILES string of the molecule is Cc1cccc(C)c1NC(=O)CN1CCN(Cc2nnc(-c3ccco3)o2)CC1. The molecule has 29 heavy (non-hydrogen) atoms. The smallest absolute Gasteiger partial charge is 0.283 e. The van der Waals surface area contributed by atoms with Crippen molar-refractivity contribution in [1.29, 1.82) is 0 Å². The molecular formula is C21H25N5O3. The quantitative estimate of drug-likeness (QED) is 0.686. The van der Waals surface area contributed by atoms with Crippen LogP contribution in [0.1, 0.15) is 17.0 Å². The summed E-state index contributed by atoms with van der Waals surface area (Å²) in [7, 11) is 0. The van der Waals surface area contributed by atoms with Crippen LogP contribution in [0.2, 0.25) is 0 Å². The topological polar surface area (TPSA) is 87.6 Å². The van der Waals surface area contributed by atoms with Gasteiger partial charge >= 0.3 is 0 Å². The van der Waals surface area contributed by atoms with Crippen LogP contribution in [0.3, 0.4) is 0 Å². The standard InChI is InChI=1S/C21H25N5O3/c1-15-5-3-6-16(2)20(15)22-18(27)13-25-8-10-26(11-9-25)14-19-23-24-21(29-19)17-7-4-12-28-17/h3-7,12H,8-11,13-14H2,1-2H3,(H,22,27). The molecule has 8 heteroatoms. The Morgan fingerprint density at radius 3 is 2.45 bits per heavy atom. The monoisotopic (exact) mass is 395 g/mol. The third kappa shape index (κ3) is 4.72. The number of piperazine rings is 1. The van der Waals surface area contributed by atoms with Crippen molar-refractivity contribution in [3.8, 4) is 11.7 Å². The van der Waals surface area contributed by atoms with E-state index in [2.05, 4.69) is 25.3 Å². The second-order valence-corrected chi connectivity index (χ2v) is 7.35. The van der Waals surface area contributed by atoms with Crippen molar-refractivity contribution in [3.05, 3.63) is 53.6 Å². The molecule has 1 aliphatic rings. The molecule has 1 amide bonds. The molecule has 1 fully saturated rings. The predicted molar refractivity (Wildman–Crippen MR) is 108 cm³/mol. The number of nitrogens with zero attached hydrogens (tertiary/aromatic N) is 4. The van der Waals surface area contributed by atoms with Crippen LogP contribution in [0.25, 0.3) is 11.7 Å². The summed E-state index contributed by atoms with van der Waals surface area (Å²) in [6, 6.07) is 9.60. The summed E-state index contributed by atoms with van der Waals surface area (Å²) in [6.45, 7) is 8.33. The van der Waals surface area contributed by atoms with Crippen LogP contribution in [-0.2, 0) is 11.3 Å². The third-order valence-corrected chi connectivity index (χ3v) is 5.14. The number of amides is 1. The van der Waals surface area contributed by atoms with E-state index in [1.165, 1.54) is 0 Å². The number of hydrogen-bond acceptors (Lipinski definition) is 7. The molecule has 1 saturated heterocycles. The molecule has 3 heterocycles. The van der Waals surface area contributed by atoms with Gasteiger partial charge < -0.3 is 14.2 Å². The van der Waals surface area contributed by atoms with Gasteiger partial charge in [0, 0.05) is 31.9 Å². The van der Waals surface area contributed by atoms with Gasteiger partial charge in [-0.05, 0) is 37.1 Å². The molecule has 2 aromatic heterocycles. The van der Waals surface area contributed by atoms with Crippen LogP contribution >= 0.6 is 0 Å². The van der Waals surface area contributed by atoms with Gasteiger partial charge in [0.15, 0.2) is 5.76 Å². The van der Waals surface area contributed by atoms with E-state index in [4.69, 9.17) is 8.83 Å². The van der Waals surface area contributed by atoms with Gasteiger partial charge in [0.05, 0.1) is 19.4 Å². The Kier molecular flexibility index (Phi) is 5.73. The number of para-hydroxylation sites is 1. The lowest BCUT2D eigenvalue weighted by atomic mass is 10.1. The minimum atomic E-state index is 0.0239. The Hall–Kier alpha value is -2.97. The van der Waals surface area contributed by atoms with Crippen molar-refractivity contribution >= 4 is 11.6 Å². The first-order valence-corrected chi connectivity index (χ1v) is 9.75. The average molecular weight is 395 g/mol. The zero-order valence-corrected chi connectivity index (χ0v) is 16.7. The molecule has 1 N–H and O–H groups in total. The molecule has 3 aromatic rings.